The molecule has 1 unspecified atom stereocenters. The molecule has 0 spiro atoms. The lowest BCUT2D eigenvalue weighted by Crippen LogP contribution is -2.60. The Kier molecular flexibility index (Phi) is 3.91. The number of ether oxygens (including phenoxy) is 1. The fourth-order valence-electron chi connectivity index (χ4n) is 2.86. The maximum absolute atomic E-state index is 11.6. The summed E-state index contributed by atoms with van der Waals surface area (Å²) in [6.45, 7) is 0.552. The fourth-order valence-corrected chi connectivity index (χ4v) is 2.86. The highest BCUT2D eigenvalue weighted by Crippen LogP contribution is 2.40. The van der Waals surface area contributed by atoms with Crippen molar-refractivity contribution >= 4 is 5.97 Å². The number of aliphatic carboxylic acids is 1. The van der Waals surface area contributed by atoms with E-state index >= 15 is 0 Å². The third kappa shape index (κ3) is 2.64. The molecule has 0 saturated heterocycles. The molecular formula is C13H21N3O3. The summed E-state index contributed by atoms with van der Waals surface area (Å²) in [5.41, 5.74) is 0.463. The smallest absolute Gasteiger partial charge is 0.323 e. The van der Waals surface area contributed by atoms with Gasteiger partial charge in [-0.25, -0.2) is 0 Å². The molecule has 1 aliphatic carbocycles. The van der Waals surface area contributed by atoms with Crippen LogP contribution in [0.4, 0.5) is 0 Å². The standard InChI is InChI=1S/C13H21N3O3/c1-15(8-10-7-14-16(2)9-10)11(12(17)18)13(19-3)5-4-6-13/h7,9,11H,4-6,8H2,1-3H3,(H,17,18). The Morgan fingerprint density at radius 3 is 2.74 bits per heavy atom. The van der Waals surface area contributed by atoms with Crippen molar-refractivity contribution < 1.29 is 14.6 Å². The molecule has 0 aromatic carbocycles. The molecule has 1 fully saturated rings. The summed E-state index contributed by atoms with van der Waals surface area (Å²) >= 11 is 0. The Hall–Kier alpha value is -1.40. The SMILES string of the molecule is COC1(C(C(=O)O)N(C)Cc2cnn(C)c2)CCC1. The Labute approximate surface area is 113 Å². The van der Waals surface area contributed by atoms with Gasteiger partial charge in [0.15, 0.2) is 0 Å². The first-order chi connectivity index (χ1) is 8.98. The lowest BCUT2D eigenvalue weighted by atomic mass is 9.73. The molecule has 1 saturated carbocycles. The third-order valence-electron chi connectivity index (χ3n) is 3.97. The van der Waals surface area contributed by atoms with Crippen LogP contribution in [0.2, 0.25) is 0 Å². The van der Waals surface area contributed by atoms with Crippen molar-refractivity contribution in [2.45, 2.75) is 37.5 Å². The van der Waals surface area contributed by atoms with E-state index in [1.54, 1.807) is 18.0 Å². The average Bonchev–Trinajstić information content (AvgIpc) is 2.68. The molecule has 1 aliphatic rings. The van der Waals surface area contributed by atoms with Crippen molar-refractivity contribution in [1.29, 1.82) is 0 Å². The fraction of sp³-hybridized carbons (Fsp3) is 0.692. The van der Waals surface area contributed by atoms with E-state index in [0.717, 1.165) is 24.8 Å². The summed E-state index contributed by atoms with van der Waals surface area (Å²) < 4.78 is 7.23. The van der Waals surface area contributed by atoms with Crippen LogP contribution in [-0.4, -0.2) is 51.6 Å². The first-order valence-electron chi connectivity index (χ1n) is 6.44. The maximum atomic E-state index is 11.6. The van der Waals surface area contributed by atoms with E-state index in [0.29, 0.717) is 6.54 Å². The van der Waals surface area contributed by atoms with Crippen molar-refractivity contribution in [1.82, 2.24) is 14.7 Å². The van der Waals surface area contributed by atoms with E-state index in [1.807, 2.05) is 25.2 Å². The number of hydrogen-bond donors (Lipinski definition) is 1. The molecule has 1 aromatic heterocycles. The van der Waals surface area contributed by atoms with Crippen molar-refractivity contribution in [3.05, 3.63) is 18.0 Å². The van der Waals surface area contributed by atoms with E-state index in [9.17, 15) is 9.90 Å². The van der Waals surface area contributed by atoms with Crippen LogP contribution in [0.5, 0.6) is 0 Å². The van der Waals surface area contributed by atoms with Crippen LogP contribution >= 0.6 is 0 Å². The highest BCUT2D eigenvalue weighted by molar-refractivity contribution is 5.75. The summed E-state index contributed by atoms with van der Waals surface area (Å²) in [5, 5.41) is 13.6. The second-order valence-electron chi connectivity index (χ2n) is 5.30. The van der Waals surface area contributed by atoms with E-state index in [4.69, 9.17) is 4.74 Å². The van der Waals surface area contributed by atoms with Gasteiger partial charge in [-0.1, -0.05) is 0 Å². The van der Waals surface area contributed by atoms with E-state index in [-0.39, 0.29) is 0 Å². The molecule has 0 aliphatic heterocycles. The summed E-state index contributed by atoms with van der Waals surface area (Å²) in [6.07, 6.45) is 6.29. The van der Waals surface area contributed by atoms with Gasteiger partial charge in [0.1, 0.15) is 6.04 Å². The molecule has 1 atom stereocenters. The van der Waals surface area contributed by atoms with Crippen molar-refractivity contribution in [3.8, 4) is 0 Å². The topological polar surface area (TPSA) is 67.6 Å². The van der Waals surface area contributed by atoms with Gasteiger partial charge < -0.3 is 9.84 Å². The van der Waals surface area contributed by atoms with Crippen LogP contribution in [0.1, 0.15) is 24.8 Å². The minimum atomic E-state index is -0.826. The minimum absolute atomic E-state index is 0.539. The van der Waals surface area contributed by atoms with Crippen molar-refractivity contribution in [3.63, 3.8) is 0 Å². The number of rotatable bonds is 6. The molecule has 106 valence electrons. The summed E-state index contributed by atoms with van der Waals surface area (Å²) in [6, 6.07) is -0.619. The zero-order chi connectivity index (χ0) is 14.0. The van der Waals surface area contributed by atoms with Gasteiger partial charge in [0, 0.05) is 32.5 Å². The summed E-state index contributed by atoms with van der Waals surface area (Å²) in [4.78, 5) is 13.4. The number of carbonyl (C=O) groups is 1. The summed E-state index contributed by atoms with van der Waals surface area (Å²) in [7, 11) is 5.28. The molecule has 0 amide bonds. The molecular weight excluding hydrogens is 246 g/mol. The van der Waals surface area contributed by atoms with Gasteiger partial charge in [-0.3, -0.25) is 14.4 Å². The van der Waals surface area contributed by atoms with Crippen molar-refractivity contribution in [2.24, 2.45) is 7.05 Å². The van der Waals surface area contributed by atoms with E-state index in [1.165, 1.54) is 0 Å². The second-order valence-corrected chi connectivity index (χ2v) is 5.30. The molecule has 6 heteroatoms. The highest BCUT2D eigenvalue weighted by atomic mass is 16.5. The quantitative estimate of drug-likeness (QED) is 0.828. The zero-order valence-electron chi connectivity index (χ0n) is 11.7. The van der Waals surface area contributed by atoms with Gasteiger partial charge in [0.25, 0.3) is 0 Å². The summed E-state index contributed by atoms with van der Waals surface area (Å²) in [5.74, 6) is -0.826. The second kappa shape index (κ2) is 5.30. The first kappa shape index (κ1) is 14.0. The highest BCUT2D eigenvalue weighted by Gasteiger charge is 2.50. The van der Waals surface area contributed by atoms with Crippen LogP contribution in [-0.2, 0) is 23.1 Å². The number of methoxy groups -OCH3 is 1. The normalized spacial score (nSPS) is 19.2. The number of aryl methyl sites for hydroxylation is 1. The molecule has 1 N–H and O–H groups in total. The van der Waals surface area contributed by atoms with Crippen LogP contribution < -0.4 is 0 Å². The maximum Gasteiger partial charge on any atom is 0.323 e. The van der Waals surface area contributed by atoms with Gasteiger partial charge in [-0.15, -0.1) is 0 Å². The van der Waals surface area contributed by atoms with Crippen LogP contribution in [0.15, 0.2) is 12.4 Å². The lowest BCUT2D eigenvalue weighted by Gasteiger charge is -2.47. The predicted octanol–water partition coefficient (Wildman–Crippen LogP) is 0.874. The Balaban J connectivity index is 2.12. The number of carboxylic acid groups (broad SMARTS) is 1. The van der Waals surface area contributed by atoms with Crippen LogP contribution in [0.25, 0.3) is 0 Å². The number of hydrogen-bond acceptors (Lipinski definition) is 4. The van der Waals surface area contributed by atoms with Crippen molar-refractivity contribution in [2.75, 3.05) is 14.2 Å². The number of aromatic nitrogens is 2. The Morgan fingerprint density at radius 2 is 2.37 bits per heavy atom. The molecule has 1 aromatic rings. The van der Waals surface area contributed by atoms with Crippen LogP contribution in [0, 0.1) is 0 Å². The van der Waals surface area contributed by atoms with Gasteiger partial charge in [-0.2, -0.15) is 5.10 Å². The molecule has 1 heterocycles. The Morgan fingerprint density at radius 1 is 1.68 bits per heavy atom. The molecule has 0 bridgehead atoms. The van der Waals surface area contributed by atoms with E-state index in [2.05, 4.69) is 5.10 Å². The molecule has 19 heavy (non-hydrogen) atoms. The Bertz CT molecular complexity index is 448. The third-order valence-corrected chi connectivity index (χ3v) is 3.97. The average molecular weight is 267 g/mol. The van der Waals surface area contributed by atoms with Gasteiger partial charge in [-0.05, 0) is 26.3 Å². The largest absolute Gasteiger partial charge is 0.480 e. The lowest BCUT2D eigenvalue weighted by molar-refractivity contribution is -0.170. The van der Waals surface area contributed by atoms with E-state index < -0.39 is 17.6 Å². The van der Waals surface area contributed by atoms with Gasteiger partial charge in [0.05, 0.1) is 11.8 Å². The molecule has 0 radical (unpaired) electrons. The van der Waals surface area contributed by atoms with Crippen LogP contribution in [0.3, 0.4) is 0 Å². The number of likely N-dealkylation sites (N-methyl/N-ethyl adjacent to an activating group) is 1. The minimum Gasteiger partial charge on any atom is -0.480 e. The first-order valence-corrected chi connectivity index (χ1v) is 6.44. The number of nitrogens with zero attached hydrogens (tertiary/aromatic N) is 3. The zero-order valence-corrected chi connectivity index (χ0v) is 11.7. The van der Waals surface area contributed by atoms with Gasteiger partial charge >= 0.3 is 5.97 Å². The van der Waals surface area contributed by atoms with Gasteiger partial charge in [0.2, 0.25) is 0 Å². The molecule has 2 rings (SSSR count). The number of carboxylic acids is 1. The predicted molar refractivity (Wildman–Crippen MR) is 69.7 cm³/mol. The monoisotopic (exact) mass is 267 g/mol. The molecule has 6 nitrogen and oxygen atoms in total.